The first-order valence-corrected chi connectivity index (χ1v) is 6.52. The Bertz CT molecular complexity index is 535. The van der Waals surface area contributed by atoms with Crippen LogP contribution in [0.2, 0.25) is 0 Å². The predicted octanol–water partition coefficient (Wildman–Crippen LogP) is 4.12. The summed E-state index contributed by atoms with van der Waals surface area (Å²) in [4.78, 5) is 0. The summed E-state index contributed by atoms with van der Waals surface area (Å²) in [7, 11) is 0. The zero-order chi connectivity index (χ0) is 12.4. The summed E-state index contributed by atoms with van der Waals surface area (Å²) in [6, 6.07) is 11.4. The molecule has 88 valence electrons. The number of nitrogens with one attached hydrogen (secondary N) is 1. The van der Waals surface area contributed by atoms with Crippen LogP contribution in [0.1, 0.15) is 0 Å². The van der Waals surface area contributed by atoms with Crippen LogP contribution >= 0.6 is 31.9 Å². The first-order valence-electron chi connectivity index (χ1n) is 4.94. The van der Waals surface area contributed by atoms with Crippen molar-refractivity contribution in [3.05, 3.63) is 45.3 Å². The summed E-state index contributed by atoms with van der Waals surface area (Å²) < 4.78 is 1.95. The van der Waals surface area contributed by atoms with E-state index in [0.717, 1.165) is 20.3 Å². The van der Waals surface area contributed by atoms with Gasteiger partial charge >= 0.3 is 0 Å². The molecule has 2 aromatic carbocycles. The van der Waals surface area contributed by atoms with Gasteiger partial charge in [0, 0.05) is 14.6 Å². The third-order valence-corrected chi connectivity index (χ3v) is 3.64. The van der Waals surface area contributed by atoms with Crippen LogP contribution in [-0.2, 0) is 0 Å². The Balaban J connectivity index is 2.35. The highest BCUT2D eigenvalue weighted by Crippen LogP contribution is 2.33. The normalized spacial score (nSPS) is 10.2. The van der Waals surface area contributed by atoms with Crippen LogP contribution in [0.15, 0.2) is 45.3 Å². The molecule has 0 saturated carbocycles. The number of nitrogen functional groups attached to an aromatic ring is 2. The van der Waals surface area contributed by atoms with Crippen molar-refractivity contribution in [1.82, 2.24) is 0 Å². The zero-order valence-electron chi connectivity index (χ0n) is 8.87. The molecule has 5 heteroatoms. The molecule has 2 aromatic rings. The smallest absolute Gasteiger partial charge is 0.0673 e. The molecule has 0 fully saturated rings. The minimum Gasteiger partial charge on any atom is -0.397 e. The summed E-state index contributed by atoms with van der Waals surface area (Å²) in [6.07, 6.45) is 0. The Morgan fingerprint density at radius 3 is 2.12 bits per heavy atom. The second-order valence-electron chi connectivity index (χ2n) is 3.57. The highest BCUT2D eigenvalue weighted by Gasteiger charge is 2.05. The molecule has 0 radical (unpaired) electrons. The average Bonchev–Trinajstić information content (AvgIpc) is 2.28. The van der Waals surface area contributed by atoms with Gasteiger partial charge in [0.05, 0.1) is 17.1 Å². The molecule has 3 nitrogen and oxygen atoms in total. The molecule has 0 amide bonds. The topological polar surface area (TPSA) is 64.1 Å². The lowest BCUT2D eigenvalue weighted by atomic mass is 10.2. The third-order valence-electron chi connectivity index (χ3n) is 2.32. The van der Waals surface area contributed by atoms with E-state index in [1.165, 1.54) is 0 Å². The fraction of sp³-hybridized carbons (Fsp3) is 0. The van der Waals surface area contributed by atoms with Crippen LogP contribution in [0, 0.1) is 0 Å². The highest BCUT2D eigenvalue weighted by atomic mass is 79.9. The molecule has 0 aromatic heterocycles. The number of hydrogen-bond donors (Lipinski definition) is 3. The third kappa shape index (κ3) is 2.73. The second-order valence-corrected chi connectivity index (χ2v) is 5.27. The lowest BCUT2D eigenvalue weighted by Gasteiger charge is -2.11. The number of hydrogen-bond acceptors (Lipinski definition) is 3. The molecule has 5 N–H and O–H groups in total. The maximum Gasteiger partial charge on any atom is 0.0673 e. The fourth-order valence-electron chi connectivity index (χ4n) is 1.41. The maximum atomic E-state index is 5.76. The summed E-state index contributed by atoms with van der Waals surface area (Å²) in [5.41, 5.74) is 14.4. The van der Waals surface area contributed by atoms with Crippen LogP contribution in [0.4, 0.5) is 22.7 Å². The minimum absolute atomic E-state index is 0.568. The Labute approximate surface area is 116 Å². The Kier molecular flexibility index (Phi) is 3.59. The molecule has 0 atom stereocenters. The van der Waals surface area contributed by atoms with E-state index in [1.54, 1.807) is 12.1 Å². The summed E-state index contributed by atoms with van der Waals surface area (Å²) in [5.74, 6) is 0. The molecule has 0 unspecified atom stereocenters. The van der Waals surface area contributed by atoms with E-state index in [4.69, 9.17) is 11.5 Å². The number of anilines is 4. The van der Waals surface area contributed by atoms with Crippen molar-refractivity contribution in [3.63, 3.8) is 0 Å². The van der Waals surface area contributed by atoms with Crippen molar-refractivity contribution >= 4 is 54.6 Å². The molecule has 0 aliphatic carbocycles. The van der Waals surface area contributed by atoms with Crippen molar-refractivity contribution in [2.24, 2.45) is 0 Å². The van der Waals surface area contributed by atoms with Gasteiger partial charge in [-0.15, -0.1) is 0 Å². The van der Waals surface area contributed by atoms with Gasteiger partial charge in [-0.3, -0.25) is 0 Å². The Morgan fingerprint density at radius 1 is 0.882 bits per heavy atom. The zero-order valence-corrected chi connectivity index (χ0v) is 12.0. The SMILES string of the molecule is Nc1ccc(Nc2c(Br)cccc2Br)cc1N. The quantitative estimate of drug-likeness (QED) is 0.709. The van der Waals surface area contributed by atoms with Crippen LogP contribution in [-0.4, -0.2) is 0 Å². The van der Waals surface area contributed by atoms with Crippen LogP contribution in [0.25, 0.3) is 0 Å². The average molecular weight is 357 g/mol. The van der Waals surface area contributed by atoms with Gasteiger partial charge < -0.3 is 16.8 Å². The van der Waals surface area contributed by atoms with Gasteiger partial charge in [0.1, 0.15) is 0 Å². The molecule has 0 bridgehead atoms. The van der Waals surface area contributed by atoms with Gasteiger partial charge in [-0.05, 0) is 62.2 Å². The first-order chi connectivity index (χ1) is 8.08. The van der Waals surface area contributed by atoms with Crippen molar-refractivity contribution in [3.8, 4) is 0 Å². The number of rotatable bonds is 2. The van der Waals surface area contributed by atoms with Gasteiger partial charge in [-0.25, -0.2) is 0 Å². The van der Waals surface area contributed by atoms with E-state index in [1.807, 2.05) is 24.3 Å². The van der Waals surface area contributed by atoms with Gasteiger partial charge in [-0.1, -0.05) is 6.07 Å². The van der Waals surface area contributed by atoms with E-state index in [9.17, 15) is 0 Å². The van der Waals surface area contributed by atoms with E-state index in [-0.39, 0.29) is 0 Å². The van der Waals surface area contributed by atoms with Crippen LogP contribution < -0.4 is 16.8 Å². The molecule has 0 spiro atoms. The fourth-order valence-corrected chi connectivity index (χ4v) is 2.61. The van der Waals surface area contributed by atoms with Crippen molar-refractivity contribution in [2.45, 2.75) is 0 Å². The molecular formula is C12H11Br2N3. The molecule has 17 heavy (non-hydrogen) atoms. The number of benzene rings is 2. The highest BCUT2D eigenvalue weighted by molar-refractivity contribution is 9.11. The minimum atomic E-state index is 0.568. The second kappa shape index (κ2) is 4.98. The van der Waals surface area contributed by atoms with Crippen LogP contribution in [0.3, 0.4) is 0 Å². The van der Waals surface area contributed by atoms with E-state index < -0.39 is 0 Å². The van der Waals surface area contributed by atoms with Gasteiger partial charge in [0.15, 0.2) is 0 Å². The largest absolute Gasteiger partial charge is 0.397 e. The van der Waals surface area contributed by atoms with Crippen molar-refractivity contribution < 1.29 is 0 Å². The molecule has 0 aliphatic heterocycles. The Hall–Kier alpha value is -1.20. The lowest BCUT2D eigenvalue weighted by Crippen LogP contribution is -1.97. The van der Waals surface area contributed by atoms with Crippen molar-refractivity contribution in [2.75, 3.05) is 16.8 Å². The first kappa shape index (κ1) is 12.3. The van der Waals surface area contributed by atoms with E-state index in [0.29, 0.717) is 11.4 Å². The van der Waals surface area contributed by atoms with Gasteiger partial charge in [0.25, 0.3) is 0 Å². The van der Waals surface area contributed by atoms with Gasteiger partial charge in [0.2, 0.25) is 0 Å². The number of nitrogens with two attached hydrogens (primary N) is 2. The predicted molar refractivity (Wildman–Crippen MR) is 80.4 cm³/mol. The van der Waals surface area contributed by atoms with Gasteiger partial charge in [-0.2, -0.15) is 0 Å². The summed E-state index contributed by atoms with van der Waals surface area (Å²) in [5, 5.41) is 3.28. The summed E-state index contributed by atoms with van der Waals surface area (Å²) in [6.45, 7) is 0. The molecular weight excluding hydrogens is 346 g/mol. The number of halogens is 2. The molecule has 0 heterocycles. The molecule has 2 rings (SSSR count). The molecule has 0 saturated heterocycles. The van der Waals surface area contributed by atoms with Crippen LogP contribution in [0.5, 0.6) is 0 Å². The standard InChI is InChI=1S/C12H11Br2N3/c13-8-2-1-3-9(14)12(8)17-7-4-5-10(15)11(16)6-7/h1-6,17H,15-16H2. The monoisotopic (exact) mass is 355 g/mol. The lowest BCUT2D eigenvalue weighted by molar-refractivity contribution is 1.50. The number of para-hydroxylation sites is 1. The van der Waals surface area contributed by atoms with Crippen molar-refractivity contribution in [1.29, 1.82) is 0 Å². The van der Waals surface area contributed by atoms with E-state index >= 15 is 0 Å². The Morgan fingerprint density at radius 2 is 1.53 bits per heavy atom. The summed E-state index contributed by atoms with van der Waals surface area (Å²) >= 11 is 6.98. The maximum absolute atomic E-state index is 5.76. The molecule has 0 aliphatic rings. The van der Waals surface area contributed by atoms with E-state index in [2.05, 4.69) is 37.2 Å².